The number of carbonyl (C=O) groups excluding carboxylic acids is 1. The highest BCUT2D eigenvalue weighted by Gasteiger charge is 2.22. The lowest BCUT2D eigenvalue weighted by Gasteiger charge is -2.26. The van der Waals surface area contributed by atoms with Gasteiger partial charge in [-0.05, 0) is 44.4 Å². The lowest BCUT2D eigenvalue weighted by molar-refractivity contribution is 0.0822. The van der Waals surface area contributed by atoms with E-state index in [0.29, 0.717) is 13.1 Å². The molecule has 2 amide bonds. The predicted octanol–water partition coefficient (Wildman–Crippen LogP) is 3.14. The van der Waals surface area contributed by atoms with Crippen molar-refractivity contribution in [2.45, 2.75) is 38.8 Å². The minimum Gasteiger partial charge on any atom is -0.376 e. The number of urea groups is 1. The van der Waals surface area contributed by atoms with E-state index in [1.165, 1.54) is 0 Å². The zero-order valence-corrected chi connectivity index (χ0v) is 14.9. The molecule has 1 aliphatic rings. The third kappa shape index (κ3) is 4.39. The van der Waals surface area contributed by atoms with Crippen LogP contribution in [0, 0.1) is 0 Å². The number of amides is 2. The second kappa shape index (κ2) is 8.16. The summed E-state index contributed by atoms with van der Waals surface area (Å²) in [5.41, 5.74) is 2.09. The molecule has 1 N–H and O–H groups in total. The molecule has 1 fully saturated rings. The number of carbonyl (C=O) groups is 1. The van der Waals surface area contributed by atoms with E-state index in [2.05, 4.69) is 16.4 Å². The molecule has 3 rings (SSSR count). The van der Waals surface area contributed by atoms with E-state index in [-0.39, 0.29) is 18.2 Å². The van der Waals surface area contributed by atoms with Crippen LogP contribution in [-0.2, 0) is 4.74 Å². The maximum absolute atomic E-state index is 12.6. The van der Waals surface area contributed by atoms with Gasteiger partial charge in [0.05, 0.1) is 18.5 Å². The van der Waals surface area contributed by atoms with E-state index in [1.54, 1.807) is 12.5 Å². The Morgan fingerprint density at radius 1 is 1.52 bits per heavy atom. The van der Waals surface area contributed by atoms with E-state index >= 15 is 0 Å². The number of nitrogens with zero attached hydrogens (tertiary/aromatic N) is 3. The molecule has 2 heterocycles. The Morgan fingerprint density at radius 3 is 3.08 bits per heavy atom. The van der Waals surface area contributed by atoms with Crippen LogP contribution in [0.2, 0.25) is 0 Å². The number of hydrogen-bond acceptors (Lipinski definition) is 3. The average Bonchev–Trinajstić information content (AvgIpc) is 3.33. The first kappa shape index (κ1) is 17.5. The van der Waals surface area contributed by atoms with Gasteiger partial charge in [-0.3, -0.25) is 0 Å². The summed E-state index contributed by atoms with van der Waals surface area (Å²) >= 11 is 0. The molecule has 25 heavy (non-hydrogen) atoms. The molecule has 0 spiro atoms. The van der Waals surface area contributed by atoms with Crippen LogP contribution in [0.25, 0.3) is 5.69 Å². The van der Waals surface area contributed by atoms with Gasteiger partial charge in [0, 0.05) is 37.8 Å². The third-order valence-electron chi connectivity index (χ3n) is 4.63. The first-order valence-electron chi connectivity index (χ1n) is 8.92. The molecule has 6 heteroatoms. The summed E-state index contributed by atoms with van der Waals surface area (Å²) in [5, 5.41) is 3.10. The first-order chi connectivity index (χ1) is 12.2. The maximum Gasteiger partial charge on any atom is 0.317 e. The number of imidazole rings is 1. The predicted molar refractivity (Wildman–Crippen MR) is 96.7 cm³/mol. The van der Waals surface area contributed by atoms with Crippen LogP contribution >= 0.6 is 0 Å². The quantitative estimate of drug-likeness (QED) is 0.877. The van der Waals surface area contributed by atoms with Crippen molar-refractivity contribution in [2.24, 2.45) is 0 Å². The van der Waals surface area contributed by atoms with Gasteiger partial charge in [-0.25, -0.2) is 9.78 Å². The largest absolute Gasteiger partial charge is 0.376 e. The molecule has 2 unspecified atom stereocenters. The highest BCUT2D eigenvalue weighted by Crippen LogP contribution is 2.18. The lowest BCUT2D eigenvalue weighted by Crippen LogP contribution is -2.44. The Morgan fingerprint density at radius 2 is 2.40 bits per heavy atom. The smallest absolute Gasteiger partial charge is 0.317 e. The van der Waals surface area contributed by atoms with Gasteiger partial charge >= 0.3 is 6.03 Å². The van der Waals surface area contributed by atoms with Crippen LogP contribution in [0.15, 0.2) is 43.0 Å². The minimum absolute atomic E-state index is 0.0430. The van der Waals surface area contributed by atoms with Crippen LogP contribution in [0.5, 0.6) is 0 Å². The highest BCUT2D eigenvalue weighted by molar-refractivity contribution is 5.74. The molecule has 1 aromatic carbocycles. The molecule has 2 atom stereocenters. The van der Waals surface area contributed by atoms with Crippen molar-refractivity contribution < 1.29 is 9.53 Å². The summed E-state index contributed by atoms with van der Waals surface area (Å²) in [6.07, 6.45) is 7.71. The zero-order chi connectivity index (χ0) is 17.6. The number of benzene rings is 1. The number of aromatic nitrogens is 2. The van der Waals surface area contributed by atoms with Crippen molar-refractivity contribution in [3.05, 3.63) is 48.5 Å². The summed E-state index contributed by atoms with van der Waals surface area (Å²) < 4.78 is 7.60. The van der Waals surface area contributed by atoms with E-state index in [0.717, 1.165) is 30.7 Å². The summed E-state index contributed by atoms with van der Waals surface area (Å²) in [7, 11) is 0. The van der Waals surface area contributed by atoms with Gasteiger partial charge in [-0.1, -0.05) is 12.1 Å². The Labute approximate surface area is 148 Å². The Balaban J connectivity index is 1.63. The van der Waals surface area contributed by atoms with Gasteiger partial charge < -0.3 is 19.5 Å². The topological polar surface area (TPSA) is 59.4 Å². The van der Waals surface area contributed by atoms with Gasteiger partial charge in [-0.2, -0.15) is 0 Å². The second-order valence-corrected chi connectivity index (χ2v) is 6.41. The second-order valence-electron chi connectivity index (χ2n) is 6.41. The van der Waals surface area contributed by atoms with Gasteiger partial charge in [0.15, 0.2) is 0 Å². The van der Waals surface area contributed by atoms with Crippen molar-refractivity contribution >= 4 is 6.03 Å². The Bertz CT molecular complexity index is 680. The van der Waals surface area contributed by atoms with Crippen LogP contribution < -0.4 is 5.32 Å². The van der Waals surface area contributed by atoms with Gasteiger partial charge in [0.25, 0.3) is 0 Å². The number of nitrogens with one attached hydrogen (secondary N) is 1. The van der Waals surface area contributed by atoms with Crippen molar-refractivity contribution in [1.29, 1.82) is 0 Å². The van der Waals surface area contributed by atoms with E-state index in [9.17, 15) is 4.79 Å². The van der Waals surface area contributed by atoms with Crippen LogP contribution in [0.4, 0.5) is 4.79 Å². The lowest BCUT2D eigenvalue weighted by atomic mass is 10.1. The molecular weight excluding hydrogens is 316 g/mol. The molecule has 6 nitrogen and oxygen atoms in total. The molecule has 0 radical (unpaired) electrons. The molecule has 0 bridgehead atoms. The molecule has 2 aromatic rings. The summed E-state index contributed by atoms with van der Waals surface area (Å²) in [4.78, 5) is 18.5. The monoisotopic (exact) mass is 342 g/mol. The van der Waals surface area contributed by atoms with E-state index < -0.39 is 0 Å². The van der Waals surface area contributed by atoms with Crippen molar-refractivity contribution in [2.75, 3.05) is 19.7 Å². The number of likely N-dealkylation sites (N-methyl/N-ethyl adjacent to an activating group) is 1. The maximum atomic E-state index is 12.6. The van der Waals surface area contributed by atoms with Gasteiger partial charge in [0.2, 0.25) is 0 Å². The Kier molecular flexibility index (Phi) is 5.71. The first-order valence-corrected chi connectivity index (χ1v) is 8.92. The van der Waals surface area contributed by atoms with Crippen LogP contribution in [0.1, 0.15) is 38.3 Å². The summed E-state index contributed by atoms with van der Waals surface area (Å²) in [6.45, 7) is 6.14. The fraction of sp³-hybridized carbons (Fsp3) is 0.474. The zero-order valence-electron chi connectivity index (χ0n) is 14.9. The Hall–Kier alpha value is -2.34. The van der Waals surface area contributed by atoms with E-state index in [4.69, 9.17) is 4.74 Å². The molecule has 1 saturated heterocycles. The van der Waals surface area contributed by atoms with E-state index in [1.807, 2.05) is 47.7 Å². The summed E-state index contributed by atoms with van der Waals surface area (Å²) in [5.74, 6) is 0. The minimum atomic E-state index is -0.0745. The molecular formula is C19H26N4O2. The molecule has 0 saturated carbocycles. The molecule has 134 valence electrons. The number of hydrogen-bond donors (Lipinski definition) is 1. The number of ether oxygens (including phenoxy) is 1. The average molecular weight is 342 g/mol. The van der Waals surface area contributed by atoms with Crippen molar-refractivity contribution in [3.63, 3.8) is 0 Å². The molecule has 1 aromatic heterocycles. The van der Waals surface area contributed by atoms with Crippen molar-refractivity contribution in [1.82, 2.24) is 19.8 Å². The SMILES string of the molecule is CCN(CC1CCCO1)C(=O)NC(C)c1cccc(-n2ccnc2)c1. The molecule has 0 aliphatic carbocycles. The summed E-state index contributed by atoms with van der Waals surface area (Å²) in [6, 6.07) is 8.00. The van der Waals surface area contributed by atoms with Crippen LogP contribution in [0.3, 0.4) is 0 Å². The third-order valence-corrected chi connectivity index (χ3v) is 4.63. The standard InChI is InChI=1S/C19H26N4O2/c1-3-22(13-18-8-5-11-25-18)19(24)21-15(2)16-6-4-7-17(12-16)23-10-9-20-14-23/h4,6-7,9-10,12,14-15,18H,3,5,8,11,13H2,1-2H3,(H,21,24). The van der Waals surface area contributed by atoms with Crippen molar-refractivity contribution in [3.8, 4) is 5.69 Å². The highest BCUT2D eigenvalue weighted by atomic mass is 16.5. The number of rotatable bonds is 6. The fourth-order valence-electron chi connectivity index (χ4n) is 3.12. The normalized spacial score (nSPS) is 18.1. The molecule has 1 aliphatic heterocycles. The van der Waals surface area contributed by atoms with Gasteiger partial charge in [-0.15, -0.1) is 0 Å². The van der Waals surface area contributed by atoms with Gasteiger partial charge in [0.1, 0.15) is 0 Å². The van der Waals surface area contributed by atoms with Crippen LogP contribution in [-0.4, -0.2) is 46.3 Å². The fourth-order valence-corrected chi connectivity index (χ4v) is 3.12.